The van der Waals surface area contributed by atoms with Gasteiger partial charge in [0.25, 0.3) is 0 Å². The molecule has 0 spiro atoms. The van der Waals surface area contributed by atoms with Gasteiger partial charge in [0.15, 0.2) is 0 Å². The molecular formula is C20H28N2O3. The number of anilines is 1. The number of likely N-dealkylation sites (tertiary alicyclic amines) is 1. The standard InChI is InChI=1S/C20H28N2O3/c1-3-16-9-7-8-12-21(16)20(24)15-13-19(23)22(14-15)17-10-5-6-11-18(17)25-4-2/h5-6,10-11,15-16H,3-4,7-9,12-14H2,1-2H3. The second kappa shape index (κ2) is 7.89. The Bertz CT molecular complexity index is 631. The summed E-state index contributed by atoms with van der Waals surface area (Å²) in [5.41, 5.74) is 0.773. The van der Waals surface area contributed by atoms with Gasteiger partial charge in [-0.15, -0.1) is 0 Å². The molecule has 1 aromatic rings. The zero-order chi connectivity index (χ0) is 17.8. The average molecular weight is 344 g/mol. The molecule has 2 unspecified atom stereocenters. The SMILES string of the molecule is CCOc1ccccc1N1CC(C(=O)N2CCCCC2CC)CC1=O. The van der Waals surface area contributed by atoms with E-state index in [9.17, 15) is 9.59 Å². The number of carbonyl (C=O) groups excluding carboxylic acids is 2. The van der Waals surface area contributed by atoms with Crippen molar-refractivity contribution in [3.05, 3.63) is 24.3 Å². The van der Waals surface area contributed by atoms with Crippen LogP contribution in [0.15, 0.2) is 24.3 Å². The van der Waals surface area contributed by atoms with E-state index < -0.39 is 0 Å². The number of piperidine rings is 1. The number of nitrogens with zero attached hydrogens (tertiary/aromatic N) is 2. The van der Waals surface area contributed by atoms with Gasteiger partial charge >= 0.3 is 0 Å². The molecule has 2 atom stereocenters. The van der Waals surface area contributed by atoms with Crippen molar-refractivity contribution in [1.29, 1.82) is 0 Å². The highest BCUT2D eigenvalue weighted by Crippen LogP contribution is 2.34. The van der Waals surface area contributed by atoms with Crippen LogP contribution >= 0.6 is 0 Å². The summed E-state index contributed by atoms with van der Waals surface area (Å²) in [5.74, 6) is 0.622. The number of benzene rings is 1. The minimum absolute atomic E-state index is 0.00978. The molecule has 0 radical (unpaired) electrons. The predicted molar refractivity (Wildman–Crippen MR) is 97.7 cm³/mol. The van der Waals surface area contributed by atoms with Gasteiger partial charge in [-0.3, -0.25) is 9.59 Å². The van der Waals surface area contributed by atoms with E-state index in [1.54, 1.807) is 4.90 Å². The van der Waals surface area contributed by atoms with E-state index in [-0.39, 0.29) is 17.7 Å². The molecule has 2 saturated heterocycles. The van der Waals surface area contributed by atoms with Crippen LogP contribution in [0.25, 0.3) is 0 Å². The van der Waals surface area contributed by atoms with Gasteiger partial charge in [-0.1, -0.05) is 19.1 Å². The third-order valence-electron chi connectivity index (χ3n) is 5.31. The number of carbonyl (C=O) groups is 2. The molecule has 0 N–H and O–H groups in total. The molecule has 5 nitrogen and oxygen atoms in total. The summed E-state index contributed by atoms with van der Waals surface area (Å²) >= 11 is 0. The van der Waals surface area contributed by atoms with Crippen LogP contribution in [0.2, 0.25) is 0 Å². The van der Waals surface area contributed by atoms with E-state index >= 15 is 0 Å². The van der Waals surface area contributed by atoms with Crippen LogP contribution < -0.4 is 9.64 Å². The Morgan fingerprint density at radius 3 is 2.80 bits per heavy atom. The van der Waals surface area contributed by atoms with Crippen molar-refractivity contribution in [2.24, 2.45) is 5.92 Å². The summed E-state index contributed by atoms with van der Waals surface area (Å²) in [7, 11) is 0. The van der Waals surface area contributed by atoms with Gasteiger partial charge in [0.05, 0.1) is 18.2 Å². The lowest BCUT2D eigenvalue weighted by atomic mass is 9.97. The van der Waals surface area contributed by atoms with E-state index in [0.29, 0.717) is 31.4 Å². The quantitative estimate of drug-likeness (QED) is 0.824. The van der Waals surface area contributed by atoms with Crippen LogP contribution in [0, 0.1) is 5.92 Å². The first kappa shape index (κ1) is 17.8. The predicted octanol–water partition coefficient (Wildman–Crippen LogP) is 3.23. The Hall–Kier alpha value is -2.04. The topological polar surface area (TPSA) is 49.9 Å². The van der Waals surface area contributed by atoms with Gasteiger partial charge < -0.3 is 14.5 Å². The third kappa shape index (κ3) is 3.65. The number of rotatable bonds is 5. The monoisotopic (exact) mass is 344 g/mol. The largest absolute Gasteiger partial charge is 0.492 e. The molecule has 0 bridgehead atoms. The summed E-state index contributed by atoms with van der Waals surface area (Å²) in [6.07, 6.45) is 4.63. The first-order valence-electron chi connectivity index (χ1n) is 9.48. The van der Waals surface area contributed by atoms with Crippen molar-refractivity contribution in [1.82, 2.24) is 4.90 Å². The molecular weight excluding hydrogens is 316 g/mol. The smallest absolute Gasteiger partial charge is 0.228 e. The average Bonchev–Trinajstić information content (AvgIpc) is 3.03. The third-order valence-corrected chi connectivity index (χ3v) is 5.31. The highest BCUT2D eigenvalue weighted by molar-refractivity contribution is 6.01. The first-order chi connectivity index (χ1) is 12.2. The van der Waals surface area contributed by atoms with Crippen molar-refractivity contribution in [3.8, 4) is 5.75 Å². The highest BCUT2D eigenvalue weighted by atomic mass is 16.5. The molecule has 2 heterocycles. The zero-order valence-electron chi connectivity index (χ0n) is 15.2. The lowest BCUT2D eigenvalue weighted by Gasteiger charge is -2.36. The van der Waals surface area contributed by atoms with Crippen molar-refractivity contribution >= 4 is 17.5 Å². The van der Waals surface area contributed by atoms with Gasteiger partial charge in [-0.05, 0) is 44.7 Å². The second-order valence-electron chi connectivity index (χ2n) is 6.90. The van der Waals surface area contributed by atoms with Gasteiger partial charge in [0.2, 0.25) is 11.8 Å². The molecule has 136 valence electrons. The van der Waals surface area contributed by atoms with Crippen LogP contribution in [-0.2, 0) is 9.59 Å². The highest BCUT2D eigenvalue weighted by Gasteiger charge is 2.39. The molecule has 2 aliphatic heterocycles. The molecule has 25 heavy (non-hydrogen) atoms. The Morgan fingerprint density at radius 2 is 2.04 bits per heavy atom. The fourth-order valence-electron chi connectivity index (χ4n) is 4.01. The number of ether oxygens (including phenoxy) is 1. The minimum atomic E-state index is -0.241. The molecule has 2 amide bonds. The lowest BCUT2D eigenvalue weighted by molar-refractivity contribution is -0.139. The molecule has 3 rings (SSSR count). The summed E-state index contributed by atoms with van der Waals surface area (Å²) in [4.78, 5) is 29.3. The fourth-order valence-corrected chi connectivity index (χ4v) is 4.01. The first-order valence-corrected chi connectivity index (χ1v) is 9.48. The summed E-state index contributed by atoms with van der Waals surface area (Å²) in [6, 6.07) is 7.90. The van der Waals surface area contributed by atoms with Crippen molar-refractivity contribution in [2.75, 3.05) is 24.6 Å². The van der Waals surface area contributed by atoms with E-state index in [2.05, 4.69) is 6.92 Å². The van der Waals surface area contributed by atoms with Crippen LogP contribution in [0.5, 0.6) is 5.75 Å². The molecule has 0 aliphatic carbocycles. The number of amides is 2. The number of hydrogen-bond donors (Lipinski definition) is 0. The van der Waals surface area contributed by atoms with E-state index in [4.69, 9.17) is 4.74 Å². The van der Waals surface area contributed by atoms with Crippen LogP contribution in [-0.4, -0.2) is 42.5 Å². The lowest BCUT2D eigenvalue weighted by Crippen LogP contribution is -2.46. The van der Waals surface area contributed by atoms with Crippen LogP contribution in [0.4, 0.5) is 5.69 Å². The zero-order valence-corrected chi connectivity index (χ0v) is 15.2. The van der Waals surface area contributed by atoms with E-state index in [1.807, 2.05) is 36.1 Å². The van der Waals surface area contributed by atoms with Crippen molar-refractivity contribution in [3.63, 3.8) is 0 Å². The van der Waals surface area contributed by atoms with Crippen molar-refractivity contribution in [2.45, 2.75) is 52.0 Å². The molecule has 2 fully saturated rings. The molecule has 1 aromatic carbocycles. The summed E-state index contributed by atoms with van der Waals surface area (Å²) < 4.78 is 5.66. The fraction of sp³-hybridized carbons (Fsp3) is 0.600. The number of para-hydroxylation sites is 2. The number of hydrogen-bond acceptors (Lipinski definition) is 3. The summed E-state index contributed by atoms with van der Waals surface area (Å²) in [6.45, 7) is 5.90. The Labute approximate surface area is 149 Å². The maximum absolute atomic E-state index is 13.0. The Balaban J connectivity index is 1.75. The Morgan fingerprint density at radius 1 is 1.24 bits per heavy atom. The van der Waals surface area contributed by atoms with Crippen LogP contribution in [0.3, 0.4) is 0 Å². The normalized spacial score (nSPS) is 23.8. The maximum atomic E-state index is 13.0. The van der Waals surface area contributed by atoms with Crippen molar-refractivity contribution < 1.29 is 14.3 Å². The van der Waals surface area contributed by atoms with Gasteiger partial charge in [0.1, 0.15) is 5.75 Å². The molecule has 0 saturated carbocycles. The second-order valence-corrected chi connectivity index (χ2v) is 6.90. The minimum Gasteiger partial charge on any atom is -0.492 e. The maximum Gasteiger partial charge on any atom is 0.228 e. The van der Waals surface area contributed by atoms with Crippen LogP contribution in [0.1, 0.15) is 46.0 Å². The van der Waals surface area contributed by atoms with E-state index in [0.717, 1.165) is 31.5 Å². The van der Waals surface area contributed by atoms with Gasteiger partial charge in [-0.25, -0.2) is 0 Å². The van der Waals surface area contributed by atoms with E-state index in [1.165, 1.54) is 6.42 Å². The van der Waals surface area contributed by atoms with Gasteiger partial charge in [0, 0.05) is 25.6 Å². The molecule has 2 aliphatic rings. The molecule has 0 aromatic heterocycles. The summed E-state index contributed by atoms with van der Waals surface area (Å²) in [5, 5.41) is 0. The van der Waals surface area contributed by atoms with Gasteiger partial charge in [-0.2, -0.15) is 0 Å². The Kier molecular flexibility index (Phi) is 5.61. The molecule has 5 heteroatoms.